The number of hydrogen-bond acceptors (Lipinski definition) is 4. The van der Waals surface area contributed by atoms with Crippen LogP contribution in [0.1, 0.15) is 11.1 Å². The summed E-state index contributed by atoms with van der Waals surface area (Å²) >= 11 is 0. The smallest absolute Gasteiger partial charge is 0.399 e. The van der Waals surface area contributed by atoms with Crippen molar-refractivity contribution >= 4 is 32.5 Å². The maximum absolute atomic E-state index is 11.9. The lowest BCUT2D eigenvalue weighted by atomic mass is 10.2. The Kier molecular flexibility index (Phi) is 8.79. The maximum atomic E-state index is 11.9. The lowest BCUT2D eigenvalue weighted by Gasteiger charge is -1.95. The maximum Gasteiger partial charge on any atom is 0.456 e. The van der Waals surface area contributed by atoms with Crippen LogP contribution in [0.2, 0.25) is 0 Å². The van der Waals surface area contributed by atoms with Gasteiger partial charge in [0, 0.05) is 16.8 Å². The molecule has 2 aromatic carbocycles. The molecule has 2 N–H and O–H groups in total. The van der Waals surface area contributed by atoms with Gasteiger partial charge >= 0.3 is 21.1 Å². The quantitative estimate of drug-likeness (QED) is 0.288. The van der Waals surface area contributed by atoms with Crippen LogP contribution in [-0.4, -0.2) is 8.42 Å². The van der Waals surface area contributed by atoms with Gasteiger partial charge in [-0.25, -0.2) is 0 Å². The number of halogens is 6. The third-order valence-electron chi connectivity index (χ3n) is 2.32. The van der Waals surface area contributed by atoms with Crippen molar-refractivity contribution in [1.29, 1.82) is 0 Å². The third-order valence-corrected chi connectivity index (χ3v) is 2.75. The molecule has 0 aliphatic rings. The van der Waals surface area contributed by atoms with Gasteiger partial charge in [0.15, 0.2) is 0 Å². The van der Waals surface area contributed by atoms with Crippen LogP contribution in [0.3, 0.4) is 0 Å². The normalized spacial score (nSPS) is 11.6. The predicted molar refractivity (Wildman–Crippen MR) is 98.2 cm³/mol. The highest BCUT2D eigenvalue weighted by molar-refractivity contribution is 8.01. The first-order chi connectivity index (χ1) is 12.6. The van der Waals surface area contributed by atoms with E-state index in [-0.39, 0.29) is 5.69 Å². The average Bonchev–Trinajstić information content (AvgIpc) is 2.53. The molecule has 0 heterocycles. The van der Waals surface area contributed by atoms with Gasteiger partial charge in [0.05, 0.1) is 5.69 Å². The number of nitrogen functional groups attached to an aromatic ring is 1. The van der Waals surface area contributed by atoms with Crippen molar-refractivity contribution in [3.63, 3.8) is 0 Å². The van der Waals surface area contributed by atoms with Crippen LogP contribution in [0.25, 0.3) is 0 Å². The second-order valence-corrected chi connectivity index (χ2v) is 6.73. The SMILES string of the molecule is C#Cc1ccc(N)cc1.C#Cc1ccc(N=S(=O)(F)F)cc1.O=S(F)(F)(F)F. The molecule has 0 fully saturated rings. The molecule has 0 bridgehead atoms. The van der Waals surface area contributed by atoms with Gasteiger partial charge in [-0.2, -0.15) is 8.42 Å². The number of nitrogens with zero attached hydrogens (tertiary/aromatic N) is 1. The Labute approximate surface area is 159 Å². The highest BCUT2D eigenvalue weighted by Gasteiger charge is 2.33. The van der Waals surface area contributed by atoms with Crippen molar-refractivity contribution in [3.05, 3.63) is 59.7 Å². The molecular weight excluding hydrogens is 430 g/mol. The number of nitrogens with two attached hydrogens (primary N) is 1. The second-order valence-electron chi connectivity index (χ2n) is 4.55. The Bertz CT molecular complexity index is 1030. The Balaban J connectivity index is 0.000000423. The summed E-state index contributed by atoms with van der Waals surface area (Å²) in [5.74, 6) is 4.82. The monoisotopic (exact) mass is 442 g/mol. The van der Waals surface area contributed by atoms with E-state index in [2.05, 4.69) is 16.2 Å². The van der Waals surface area contributed by atoms with Gasteiger partial charge in [-0.1, -0.05) is 35.2 Å². The van der Waals surface area contributed by atoms with Crippen LogP contribution in [0.15, 0.2) is 52.9 Å². The van der Waals surface area contributed by atoms with Crippen molar-refractivity contribution in [2.75, 3.05) is 5.73 Å². The molecule has 4 nitrogen and oxygen atoms in total. The largest absolute Gasteiger partial charge is 0.456 e. The molecular formula is C16H12F6N2O2S2. The molecule has 12 heteroatoms. The highest BCUT2D eigenvalue weighted by atomic mass is 32.4. The summed E-state index contributed by atoms with van der Waals surface area (Å²) in [4.78, 5) is 0. The van der Waals surface area contributed by atoms with Gasteiger partial charge in [0.1, 0.15) is 0 Å². The minimum absolute atomic E-state index is 0.0472. The molecule has 0 aromatic heterocycles. The summed E-state index contributed by atoms with van der Waals surface area (Å²) in [5.41, 5.74) is 7.53. The molecule has 2 aromatic rings. The molecule has 0 atom stereocenters. The molecule has 0 saturated heterocycles. The van der Waals surface area contributed by atoms with Crippen LogP contribution in [0.4, 0.5) is 34.7 Å². The van der Waals surface area contributed by atoms with E-state index in [4.69, 9.17) is 22.8 Å². The fourth-order valence-electron chi connectivity index (χ4n) is 1.32. The number of anilines is 1. The zero-order chi connectivity index (χ0) is 22.0. The first-order valence-electron chi connectivity index (χ1n) is 6.67. The summed E-state index contributed by atoms with van der Waals surface area (Å²) < 4.78 is 84.3. The van der Waals surface area contributed by atoms with E-state index in [0.29, 0.717) is 5.56 Å². The Morgan fingerprint density at radius 3 is 1.46 bits per heavy atom. The molecule has 2 rings (SSSR count). The third kappa shape index (κ3) is 16.5. The van der Waals surface area contributed by atoms with E-state index in [0.717, 1.165) is 11.3 Å². The number of terminal acetylenes is 2. The van der Waals surface area contributed by atoms with Crippen LogP contribution in [0, 0.1) is 24.7 Å². The standard InChI is InChI=1S/C8H5F2NOS.C8H7N.F4OS/c1-2-7-3-5-8(6-4-7)11-13(9,10)12;1-2-7-3-5-8(9)6-4-7;1-6(2,3,4)5/h1,3-6H;1,3-6H,9H2;. The summed E-state index contributed by atoms with van der Waals surface area (Å²) in [6.07, 6.45) is 10.2. The number of rotatable bonds is 1. The topological polar surface area (TPSA) is 72.5 Å². The van der Waals surface area contributed by atoms with Crippen molar-refractivity contribution in [1.82, 2.24) is 0 Å². The average molecular weight is 442 g/mol. The Morgan fingerprint density at radius 2 is 1.18 bits per heavy atom. The zero-order valence-electron chi connectivity index (χ0n) is 13.7. The minimum atomic E-state index is -8.10. The lowest BCUT2D eigenvalue weighted by molar-refractivity contribution is 0.403. The molecule has 0 radical (unpaired) electrons. The fraction of sp³-hybridized carbons (Fsp3) is 0. The number of hydrogen-bond donors (Lipinski definition) is 1. The van der Waals surface area contributed by atoms with Crippen molar-refractivity contribution in [2.24, 2.45) is 4.36 Å². The van der Waals surface area contributed by atoms with Gasteiger partial charge in [0.2, 0.25) is 0 Å². The van der Waals surface area contributed by atoms with Crippen LogP contribution in [0.5, 0.6) is 0 Å². The first kappa shape index (κ1) is 25.0. The molecule has 0 spiro atoms. The molecule has 152 valence electrons. The number of benzene rings is 2. The van der Waals surface area contributed by atoms with E-state index < -0.39 is 21.1 Å². The summed E-state index contributed by atoms with van der Waals surface area (Å²) in [6, 6.07) is 12.7. The van der Waals surface area contributed by atoms with E-state index in [1.54, 1.807) is 12.1 Å². The van der Waals surface area contributed by atoms with Gasteiger partial charge in [-0.3, -0.25) is 0 Å². The summed E-state index contributed by atoms with van der Waals surface area (Å²) in [6.45, 7) is 0. The summed E-state index contributed by atoms with van der Waals surface area (Å²) in [7, 11) is -13.2. The molecule has 0 amide bonds. The molecule has 28 heavy (non-hydrogen) atoms. The van der Waals surface area contributed by atoms with Gasteiger partial charge in [-0.15, -0.1) is 17.2 Å². The van der Waals surface area contributed by atoms with E-state index in [9.17, 15) is 27.5 Å². The second kappa shape index (κ2) is 9.82. The van der Waals surface area contributed by atoms with Gasteiger partial charge in [-0.05, 0) is 48.5 Å². The van der Waals surface area contributed by atoms with Gasteiger partial charge < -0.3 is 5.73 Å². The van der Waals surface area contributed by atoms with Crippen molar-refractivity contribution < 1.29 is 31.7 Å². The predicted octanol–water partition coefficient (Wildman–Crippen LogP) is 5.13. The molecule has 0 saturated carbocycles. The Hall–Kier alpha value is -2.96. The molecule has 0 aliphatic heterocycles. The first-order valence-corrected chi connectivity index (χ1v) is 9.56. The van der Waals surface area contributed by atoms with Crippen LogP contribution < -0.4 is 5.73 Å². The van der Waals surface area contributed by atoms with Crippen LogP contribution in [-0.2, 0) is 21.1 Å². The fourth-order valence-corrected chi connectivity index (χ4v) is 1.69. The van der Waals surface area contributed by atoms with Crippen LogP contribution >= 0.6 is 0 Å². The minimum Gasteiger partial charge on any atom is -0.399 e. The van der Waals surface area contributed by atoms with Crippen molar-refractivity contribution in [2.45, 2.75) is 0 Å². The zero-order valence-corrected chi connectivity index (χ0v) is 15.3. The molecule has 0 unspecified atom stereocenters. The van der Waals surface area contributed by atoms with Crippen molar-refractivity contribution in [3.8, 4) is 24.7 Å². The Morgan fingerprint density at radius 1 is 0.857 bits per heavy atom. The van der Waals surface area contributed by atoms with E-state index in [1.807, 2.05) is 12.1 Å². The van der Waals surface area contributed by atoms with E-state index in [1.165, 1.54) is 24.3 Å². The lowest BCUT2D eigenvalue weighted by Crippen LogP contribution is -1.97. The molecule has 0 aliphatic carbocycles. The van der Waals surface area contributed by atoms with Gasteiger partial charge in [0.25, 0.3) is 0 Å². The van der Waals surface area contributed by atoms with E-state index >= 15 is 0 Å². The summed E-state index contributed by atoms with van der Waals surface area (Å²) in [5, 5.41) is 0. The highest BCUT2D eigenvalue weighted by Crippen LogP contribution is 2.31.